The maximum Gasteiger partial charge on any atom is 0.330 e. The summed E-state index contributed by atoms with van der Waals surface area (Å²) in [6.45, 7) is 4.82. The van der Waals surface area contributed by atoms with Gasteiger partial charge in [0.15, 0.2) is 5.69 Å². The normalized spacial score (nSPS) is 11.2. The number of nitrogens with two attached hydrogens (primary N) is 1. The number of carbonyl (C=O) groups is 1. The smallest absolute Gasteiger partial charge is 0.330 e. The molecule has 0 saturated heterocycles. The summed E-state index contributed by atoms with van der Waals surface area (Å²) < 4.78 is 6.44. The summed E-state index contributed by atoms with van der Waals surface area (Å²) >= 11 is 0. The number of fused-ring (bicyclic) bond motifs is 1. The molecule has 3 aromatic rings. The van der Waals surface area contributed by atoms with Crippen molar-refractivity contribution in [2.75, 3.05) is 30.9 Å². The second-order valence-corrected chi connectivity index (χ2v) is 7.83. The van der Waals surface area contributed by atoms with Crippen LogP contribution < -0.4 is 21.9 Å². The number of amides is 1. The van der Waals surface area contributed by atoms with Crippen LogP contribution in [0.2, 0.25) is 0 Å². The zero-order valence-corrected chi connectivity index (χ0v) is 18.1. The van der Waals surface area contributed by atoms with E-state index in [0.29, 0.717) is 25.1 Å². The molecule has 0 unspecified atom stereocenters. The van der Waals surface area contributed by atoms with E-state index in [4.69, 9.17) is 10.5 Å². The summed E-state index contributed by atoms with van der Waals surface area (Å²) in [5.74, 6) is -0.261. The molecule has 0 aliphatic rings. The summed E-state index contributed by atoms with van der Waals surface area (Å²) in [5.41, 5.74) is 5.45. The van der Waals surface area contributed by atoms with Crippen LogP contribution in [0.25, 0.3) is 10.8 Å². The third-order valence-electron chi connectivity index (χ3n) is 5.03. The second-order valence-electron chi connectivity index (χ2n) is 7.83. The molecule has 0 bridgehead atoms. The van der Waals surface area contributed by atoms with Gasteiger partial charge in [0.25, 0.3) is 11.5 Å². The van der Waals surface area contributed by atoms with Crippen LogP contribution in [0.1, 0.15) is 30.6 Å². The highest BCUT2D eigenvalue weighted by molar-refractivity contribution is 6.14. The minimum absolute atomic E-state index is 0.0192. The van der Waals surface area contributed by atoms with Gasteiger partial charge < -0.3 is 15.4 Å². The quantitative estimate of drug-likeness (QED) is 0.540. The van der Waals surface area contributed by atoms with Crippen molar-refractivity contribution < 1.29 is 9.53 Å². The van der Waals surface area contributed by atoms with Crippen molar-refractivity contribution in [1.29, 1.82) is 0 Å². The molecule has 0 radical (unpaired) electrons. The van der Waals surface area contributed by atoms with E-state index < -0.39 is 11.2 Å². The van der Waals surface area contributed by atoms with Crippen LogP contribution in [0, 0.1) is 5.92 Å². The molecule has 0 aliphatic heterocycles. The highest BCUT2D eigenvalue weighted by Gasteiger charge is 2.26. The third kappa shape index (κ3) is 4.69. The summed E-state index contributed by atoms with van der Waals surface area (Å²) in [5, 5.41) is 1.69. The fourth-order valence-corrected chi connectivity index (χ4v) is 3.62. The number of nitrogen functional groups attached to an aromatic ring is 1. The molecule has 0 aliphatic carbocycles. The Kier molecular flexibility index (Phi) is 6.91. The first-order valence-electron chi connectivity index (χ1n) is 10.3. The minimum Gasteiger partial charge on any atom is -0.385 e. The first-order valence-corrected chi connectivity index (χ1v) is 10.3. The molecular weight excluding hydrogens is 396 g/mol. The van der Waals surface area contributed by atoms with Gasteiger partial charge in [0.1, 0.15) is 5.82 Å². The zero-order chi connectivity index (χ0) is 22.5. The summed E-state index contributed by atoms with van der Waals surface area (Å²) in [4.78, 5) is 42.5. The van der Waals surface area contributed by atoms with Gasteiger partial charge in [-0.05, 0) is 29.2 Å². The van der Waals surface area contributed by atoms with Gasteiger partial charge in [0.05, 0.1) is 0 Å². The van der Waals surface area contributed by atoms with Crippen LogP contribution >= 0.6 is 0 Å². The van der Waals surface area contributed by atoms with Gasteiger partial charge in [0.2, 0.25) is 0 Å². The van der Waals surface area contributed by atoms with Crippen molar-refractivity contribution in [3.05, 3.63) is 68.9 Å². The van der Waals surface area contributed by atoms with E-state index in [0.717, 1.165) is 10.8 Å². The monoisotopic (exact) mass is 424 g/mol. The van der Waals surface area contributed by atoms with E-state index >= 15 is 0 Å². The highest BCUT2D eigenvalue weighted by atomic mass is 16.5. The van der Waals surface area contributed by atoms with Crippen LogP contribution in [-0.4, -0.2) is 35.7 Å². The van der Waals surface area contributed by atoms with Crippen molar-refractivity contribution in [3.63, 3.8) is 0 Å². The largest absolute Gasteiger partial charge is 0.385 e. The van der Waals surface area contributed by atoms with Crippen LogP contribution in [0.15, 0.2) is 52.1 Å². The number of rotatable bonds is 8. The number of H-pyrrole nitrogens is 1. The van der Waals surface area contributed by atoms with Gasteiger partial charge in [-0.25, -0.2) is 4.79 Å². The van der Waals surface area contributed by atoms with Crippen molar-refractivity contribution in [2.45, 2.75) is 26.8 Å². The lowest BCUT2D eigenvalue weighted by molar-refractivity contribution is 0.0984. The van der Waals surface area contributed by atoms with Gasteiger partial charge in [-0.15, -0.1) is 0 Å². The maximum atomic E-state index is 13.7. The number of hydrogen-bond donors (Lipinski definition) is 2. The van der Waals surface area contributed by atoms with E-state index in [1.54, 1.807) is 19.2 Å². The van der Waals surface area contributed by atoms with E-state index in [1.165, 1.54) is 9.47 Å². The van der Waals surface area contributed by atoms with Crippen molar-refractivity contribution >= 4 is 28.2 Å². The lowest BCUT2D eigenvalue weighted by Gasteiger charge is -2.25. The van der Waals surface area contributed by atoms with E-state index in [9.17, 15) is 14.4 Å². The number of carbonyl (C=O) groups excluding carboxylic acids is 1. The van der Waals surface area contributed by atoms with Crippen LogP contribution in [0.4, 0.5) is 11.5 Å². The molecule has 0 saturated carbocycles. The first kappa shape index (κ1) is 22.3. The Labute approximate surface area is 180 Å². The number of aromatic amines is 1. The Hall–Kier alpha value is -3.39. The molecule has 0 fully saturated rings. The maximum absolute atomic E-state index is 13.7. The number of ether oxygens (including phenoxy) is 1. The van der Waals surface area contributed by atoms with Gasteiger partial charge >= 0.3 is 5.69 Å². The van der Waals surface area contributed by atoms with Crippen molar-refractivity contribution in [1.82, 2.24) is 9.55 Å². The number of nitrogens with zero attached hydrogens (tertiary/aromatic N) is 2. The highest BCUT2D eigenvalue weighted by Crippen LogP contribution is 2.24. The van der Waals surface area contributed by atoms with Gasteiger partial charge in [-0.2, -0.15) is 0 Å². The average molecular weight is 425 g/mol. The Bertz CT molecular complexity index is 1190. The van der Waals surface area contributed by atoms with Gasteiger partial charge in [-0.1, -0.05) is 50.2 Å². The third-order valence-corrected chi connectivity index (χ3v) is 5.03. The van der Waals surface area contributed by atoms with E-state index in [-0.39, 0.29) is 29.9 Å². The fraction of sp³-hybridized carbons (Fsp3) is 0.348. The minimum atomic E-state index is -0.687. The number of hydrogen-bond acceptors (Lipinski definition) is 5. The molecule has 3 rings (SSSR count). The Morgan fingerprint density at radius 3 is 2.58 bits per heavy atom. The molecule has 1 amide bonds. The Balaban J connectivity index is 2.17. The molecular formula is C23H28N4O4. The number of benzene rings is 2. The van der Waals surface area contributed by atoms with Crippen molar-refractivity contribution in [3.8, 4) is 0 Å². The molecule has 8 heteroatoms. The van der Waals surface area contributed by atoms with Gasteiger partial charge in [-0.3, -0.25) is 19.1 Å². The molecule has 0 spiro atoms. The molecule has 2 aromatic carbocycles. The van der Waals surface area contributed by atoms with Crippen LogP contribution in [0.5, 0.6) is 0 Å². The molecule has 1 aromatic heterocycles. The lowest BCUT2D eigenvalue weighted by atomic mass is 10.0. The van der Waals surface area contributed by atoms with E-state index in [1.807, 2.05) is 44.2 Å². The van der Waals surface area contributed by atoms with Crippen LogP contribution in [0.3, 0.4) is 0 Å². The van der Waals surface area contributed by atoms with E-state index in [2.05, 4.69) is 4.98 Å². The standard InChI is InChI=1S/C23H28N4O4/c1-15(2)14-27-20(24)19(21(28)25-23(27)30)26(12-7-13-31-3)22(29)18-11-6-9-16-8-4-5-10-17(16)18/h4-6,8-11,15H,7,12-14,24H2,1-3H3,(H,25,28,30). The van der Waals surface area contributed by atoms with Crippen molar-refractivity contribution in [2.24, 2.45) is 5.92 Å². The molecule has 0 atom stereocenters. The number of nitrogens with one attached hydrogen (secondary N) is 1. The summed E-state index contributed by atoms with van der Waals surface area (Å²) in [6, 6.07) is 13.0. The number of aromatic nitrogens is 2. The van der Waals surface area contributed by atoms with Gasteiger partial charge in [0, 0.05) is 32.4 Å². The fourth-order valence-electron chi connectivity index (χ4n) is 3.62. The topological polar surface area (TPSA) is 110 Å². The first-order chi connectivity index (χ1) is 14.8. The molecule has 31 heavy (non-hydrogen) atoms. The number of methoxy groups -OCH3 is 1. The van der Waals surface area contributed by atoms with Crippen LogP contribution in [-0.2, 0) is 11.3 Å². The molecule has 164 valence electrons. The molecule has 3 N–H and O–H groups in total. The molecule has 8 nitrogen and oxygen atoms in total. The Morgan fingerprint density at radius 2 is 1.87 bits per heavy atom. The lowest BCUT2D eigenvalue weighted by Crippen LogP contribution is -2.42. The zero-order valence-electron chi connectivity index (χ0n) is 18.1. The summed E-state index contributed by atoms with van der Waals surface area (Å²) in [7, 11) is 1.57. The predicted molar refractivity (Wildman–Crippen MR) is 123 cm³/mol. The average Bonchev–Trinajstić information content (AvgIpc) is 2.74. The molecule has 1 heterocycles. The predicted octanol–water partition coefficient (Wildman–Crippen LogP) is 2.61. The number of anilines is 2. The summed E-state index contributed by atoms with van der Waals surface area (Å²) in [6.07, 6.45) is 0.495. The Morgan fingerprint density at radius 1 is 1.16 bits per heavy atom. The second kappa shape index (κ2) is 9.61. The SMILES string of the molecule is COCCCN(C(=O)c1cccc2ccccc12)c1c(N)n(CC(C)C)c(=O)[nH]c1=O.